The fourth-order valence-corrected chi connectivity index (χ4v) is 6.77. The van der Waals surface area contributed by atoms with E-state index in [9.17, 15) is 18.0 Å². The Kier molecular flexibility index (Phi) is 10.3. The Balaban J connectivity index is 1.72. The number of rotatable bonds is 12. The Morgan fingerprint density at radius 3 is 2.21 bits per heavy atom. The lowest BCUT2D eigenvalue weighted by Crippen LogP contribution is -2.53. The number of anilines is 1. The van der Waals surface area contributed by atoms with Gasteiger partial charge >= 0.3 is 0 Å². The molecule has 0 spiro atoms. The number of hydrogen-bond donors (Lipinski definition) is 1. The van der Waals surface area contributed by atoms with Gasteiger partial charge in [0.2, 0.25) is 11.8 Å². The lowest BCUT2D eigenvalue weighted by molar-refractivity contribution is -0.140. The Morgan fingerprint density at radius 1 is 0.952 bits per heavy atom. The maximum Gasteiger partial charge on any atom is 0.264 e. The number of amides is 2. The minimum absolute atomic E-state index is 0.0868. The first-order chi connectivity index (χ1) is 20.1. The molecule has 1 saturated carbocycles. The van der Waals surface area contributed by atoms with E-state index >= 15 is 0 Å². The van der Waals surface area contributed by atoms with Gasteiger partial charge in [0.15, 0.2) is 0 Å². The zero-order valence-corrected chi connectivity index (χ0v) is 25.7. The van der Waals surface area contributed by atoms with Crippen LogP contribution in [0.25, 0.3) is 0 Å². The molecular weight excluding hydrogens is 550 g/mol. The molecule has 1 atom stereocenters. The average Bonchev–Trinajstić information content (AvgIpc) is 3.51. The van der Waals surface area contributed by atoms with Crippen LogP contribution in [0.1, 0.15) is 55.7 Å². The highest BCUT2D eigenvalue weighted by Gasteiger charge is 2.34. The molecule has 224 valence electrons. The van der Waals surface area contributed by atoms with Crippen molar-refractivity contribution >= 4 is 27.5 Å². The number of methoxy groups -OCH3 is 1. The van der Waals surface area contributed by atoms with Crippen molar-refractivity contribution in [2.75, 3.05) is 18.0 Å². The summed E-state index contributed by atoms with van der Waals surface area (Å²) in [5, 5.41) is 3.14. The van der Waals surface area contributed by atoms with E-state index in [1.807, 2.05) is 39.0 Å². The monoisotopic (exact) mass is 591 g/mol. The normalized spacial score (nSPS) is 14.3. The van der Waals surface area contributed by atoms with Gasteiger partial charge in [-0.25, -0.2) is 8.42 Å². The van der Waals surface area contributed by atoms with Crippen molar-refractivity contribution in [1.82, 2.24) is 10.2 Å². The number of benzene rings is 3. The van der Waals surface area contributed by atoms with Gasteiger partial charge in [-0.1, -0.05) is 56.2 Å². The van der Waals surface area contributed by atoms with Gasteiger partial charge in [0.05, 0.1) is 17.7 Å². The van der Waals surface area contributed by atoms with Crippen LogP contribution in [0.2, 0.25) is 0 Å². The Hall–Kier alpha value is -3.85. The van der Waals surface area contributed by atoms with Gasteiger partial charge in [0, 0.05) is 12.6 Å². The van der Waals surface area contributed by atoms with Crippen LogP contribution in [0.15, 0.2) is 77.7 Å². The maximum absolute atomic E-state index is 14.2. The lowest BCUT2D eigenvalue weighted by Gasteiger charge is -2.34. The molecule has 0 saturated heterocycles. The summed E-state index contributed by atoms with van der Waals surface area (Å²) in [6, 6.07) is 20.1. The third-order valence-electron chi connectivity index (χ3n) is 7.99. The largest absolute Gasteiger partial charge is 0.497 e. The number of sulfonamides is 1. The number of aryl methyl sites for hydroxylation is 2. The van der Waals surface area contributed by atoms with Crippen LogP contribution in [-0.2, 0) is 26.2 Å². The fourth-order valence-electron chi connectivity index (χ4n) is 5.34. The molecular formula is C33H41N3O5S. The zero-order chi connectivity index (χ0) is 30.3. The summed E-state index contributed by atoms with van der Waals surface area (Å²) in [5.74, 6) is 0.00407. The SMILES string of the molecule is CC[C@H](C(=O)NC1CCCC1)N(Cc1ccc(OC)cc1)C(=O)CN(c1ccc(C)c(C)c1)S(=O)(=O)c1ccccc1. The molecule has 0 bridgehead atoms. The summed E-state index contributed by atoms with van der Waals surface area (Å²) in [7, 11) is -2.51. The predicted octanol–water partition coefficient (Wildman–Crippen LogP) is 5.37. The maximum atomic E-state index is 14.2. The molecule has 1 aliphatic rings. The molecule has 0 unspecified atom stereocenters. The number of nitrogens with one attached hydrogen (secondary N) is 1. The second-order valence-corrected chi connectivity index (χ2v) is 12.7. The molecule has 1 N–H and O–H groups in total. The van der Waals surface area contributed by atoms with Gasteiger partial charge in [0.1, 0.15) is 18.3 Å². The molecule has 8 nitrogen and oxygen atoms in total. The Labute approximate surface area is 249 Å². The Bertz CT molecular complexity index is 1470. The molecule has 1 fully saturated rings. The summed E-state index contributed by atoms with van der Waals surface area (Å²) < 4.78 is 34.4. The number of nitrogens with zero attached hydrogens (tertiary/aromatic N) is 2. The molecule has 4 rings (SSSR count). The molecule has 0 aromatic heterocycles. The summed E-state index contributed by atoms with van der Waals surface area (Å²) in [5.41, 5.74) is 3.12. The lowest BCUT2D eigenvalue weighted by atomic mass is 10.1. The minimum Gasteiger partial charge on any atom is -0.497 e. The quantitative estimate of drug-likeness (QED) is 0.305. The van der Waals surface area contributed by atoms with Crippen LogP contribution in [0.4, 0.5) is 5.69 Å². The van der Waals surface area contributed by atoms with Gasteiger partial charge < -0.3 is 15.0 Å². The van der Waals surface area contributed by atoms with Gasteiger partial charge in [-0.15, -0.1) is 0 Å². The molecule has 3 aromatic rings. The zero-order valence-electron chi connectivity index (χ0n) is 24.9. The Morgan fingerprint density at radius 2 is 1.62 bits per heavy atom. The van der Waals surface area contributed by atoms with Crippen molar-refractivity contribution in [3.8, 4) is 5.75 Å². The highest BCUT2D eigenvalue weighted by atomic mass is 32.2. The number of carbonyl (C=O) groups excluding carboxylic acids is 2. The average molecular weight is 592 g/mol. The topological polar surface area (TPSA) is 96.0 Å². The molecule has 1 aliphatic carbocycles. The number of ether oxygens (including phenoxy) is 1. The van der Waals surface area contributed by atoms with Crippen LogP contribution in [0, 0.1) is 13.8 Å². The molecule has 42 heavy (non-hydrogen) atoms. The van der Waals surface area contributed by atoms with Crippen molar-refractivity contribution in [1.29, 1.82) is 0 Å². The van der Waals surface area contributed by atoms with Gasteiger partial charge in [-0.3, -0.25) is 13.9 Å². The van der Waals surface area contributed by atoms with Crippen molar-refractivity contribution < 1.29 is 22.7 Å². The molecule has 2 amide bonds. The first-order valence-electron chi connectivity index (χ1n) is 14.5. The van der Waals surface area contributed by atoms with Crippen LogP contribution >= 0.6 is 0 Å². The molecule has 3 aromatic carbocycles. The van der Waals surface area contributed by atoms with E-state index in [1.165, 1.54) is 17.0 Å². The first kappa shape index (κ1) is 31.1. The minimum atomic E-state index is -4.10. The number of hydrogen-bond acceptors (Lipinski definition) is 5. The smallest absolute Gasteiger partial charge is 0.264 e. The number of carbonyl (C=O) groups is 2. The van der Waals surface area contributed by atoms with E-state index in [0.29, 0.717) is 17.9 Å². The van der Waals surface area contributed by atoms with Crippen LogP contribution in [0.5, 0.6) is 5.75 Å². The van der Waals surface area contributed by atoms with Crippen molar-refractivity contribution in [3.05, 3.63) is 89.5 Å². The van der Waals surface area contributed by atoms with Crippen LogP contribution < -0.4 is 14.4 Å². The molecule has 0 radical (unpaired) electrons. The van der Waals surface area contributed by atoms with E-state index in [-0.39, 0.29) is 23.4 Å². The molecule has 0 heterocycles. The fraction of sp³-hybridized carbons (Fsp3) is 0.394. The third-order valence-corrected chi connectivity index (χ3v) is 9.78. The van der Waals surface area contributed by atoms with Gasteiger partial charge in [0.25, 0.3) is 10.0 Å². The summed E-state index contributed by atoms with van der Waals surface area (Å²) in [6.07, 6.45) is 4.36. The van der Waals surface area contributed by atoms with E-state index in [1.54, 1.807) is 49.6 Å². The van der Waals surface area contributed by atoms with Crippen LogP contribution in [-0.4, -0.2) is 50.9 Å². The third kappa shape index (κ3) is 7.31. The van der Waals surface area contributed by atoms with Crippen LogP contribution in [0.3, 0.4) is 0 Å². The first-order valence-corrected chi connectivity index (χ1v) is 16.0. The van der Waals surface area contributed by atoms with E-state index < -0.39 is 28.5 Å². The highest BCUT2D eigenvalue weighted by molar-refractivity contribution is 7.92. The second-order valence-electron chi connectivity index (χ2n) is 10.9. The highest BCUT2D eigenvalue weighted by Crippen LogP contribution is 2.27. The summed E-state index contributed by atoms with van der Waals surface area (Å²) >= 11 is 0. The van der Waals surface area contributed by atoms with Gasteiger partial charge in [-0.05, 0) is 86.2 Å². The molecule has 0 aliphatic heterocycles. The summed E-state index contributed by atoms with van der Waals surface area (Å²) in [4.78, 5) is 29.4. The van der Waals surface area contributed by atoms with E-state index in [2.05, 4.69) is 5.32 Å². The standard InChI is InChI=1S/C33H41N3O5S/c1-5-31(33(38)34-27-11-9-10-12-27)35(22-26-16-19-29(41-4)20-17-26)32(37)23-36(28-18-15-24(2)25(3)21-28)42(39,40)30-13-7-6-8-14-30/h6-8,13-21,27,31H,5,9-12,22-23H2,1-4H3,(H,34,38)/t31-/m1/s1. The predicted molar refractivity (Wildman–Crippen MR) is 165 cm³/mol. The second kappa shape index (κ2) is 13.9. The van der Waals surface area contributed by atoms with E-state index in [0.717, 1.165) is 46.7 Å². The van der Waals surface area contributed by atoms with E-state index in [4.69, 9.17) is 4.74 Å². The summed E-state index contributed by atoms with van der Waals surface area (Å²) in [6.45, 7) is 5.42. The molecule has 9 heteroatoms. The van der Waals surface area contributed by atoms with Gasteiger partial charge in [-0.2, -0.15) is 0 Å². The van der Waals surface area contributed by atoms with Crippen molar-refractivity contribution in [3.63, 3.8) is 0 Å². The van der Waals surface area contributed by atoms with Crippen molar-refractivity contribution in [2.24, 2.45) is 0 Å². The van der Waals surface area contributed by atoms with Crippen molar-refractivity contribution in [2.45, 2.75) is 76.4 Å².